The Morgan fingerprint density at radius 1 is 1.47 bits per heavy atom. The first-order chi connectivity index (χ1) is 8.88. The lowest BCUT2D eigenvalue weighted by atomic mass is 10.0. The second kappa shape index (κ2) is 6.29. The van der Waals surface area contributed by atoms with Crippen LogP contribution in [0.2, 0.25) is 0 Å². The number of carbonyl (C=O) groups is 1. The molecule has 6 nitrogen and oxygen atoms in total. The molecular weight excluding hydrogens is 246 g/mol. The van der Waals surface area contributed by atoms with Crippen LogP contribution in [0.25, 0.3) is 0 Å². The van der Waals surface area contributed by atoms with E-state index in [-0.39, 0.29) is 23.2 Å². The number of amides is 1. The number of rotatable bonds is 5. The molecule has 1 aromatic rings. The van der Waals surface area contributed by atoms with Crippen molar-refractivity contribution in [2.75, 3.05) is 6.54 Å². The molecule has 0 aromatic heterocycles. The number of hydrogen-bond donors (Lipinski definition) is 2. The lowest BCUT2D eigenvalue weighted by Crippen LogP contribution is -2.44. The highest BCUT2D eigenvalue weighted by Crippen LogP contribution is 2.22. The molecule has 0 fully saturated rings. The van der Waals surface area contributed by atoms with Gasteiger partial charge in [-0.2, -0.15) is 0 Å². The molecule has 104 valence electrons. The third-order valence-corrected chi connectivity index (χ3v) is 3.05. The van der Waals surface area contributed by atoms with Crippen LogP contribution in [0.4, 0.5) is 5.69 Å². The van der Waals surface area contributed by atoms with Gasteiger partial charge in [-0.1, -0.05) is 26.0 Å². The van der Waals surface area contributed by atoms with E-state index in [1.165, 1.54) is 6.07 Å². The van der Waals surface area contributed by atoms with Crippen molar-refractivity contribution >= 4 is 11.6 Å². The van der Waals surface area contributed by atoms with Gasteiger partial charge in [0.05, 0.1) is 4.92 Å². The van der Waals surface area contributed by atoms with Crippen molar-refractivity contribution in [3.63, 3.8) is 0 Å². The number of nitrogens with zero attached hydrogens (tertiary/aromatic N) is 1. The summed E-state index contributed by atoms with van der Waals surface area (Å²) in [5.41, 5.74) is 6.08. The Morgan fingerprint density at radius 3 is 2.58 bits per heavy atom. The van der Waals surface area contributed by atoms with Crippen LogP contribution < -0.4 is 11.1 Å². The van der Waals surface area contributed by atoms with E-state index in [4.69, 9.17) is 5.73 Å². The fourth-order valence-corrected chi connectivity index (χ4v) is 1.84. The fraction of sp³-hybridized carbons (Fsp3) is 0.462. The van der Waals surface area contributed by atoms with E-state index >= 15 is 0 Å². The molecule has 1 unspecified atom stereocenters. The maximum Gasteiger partial charge on any atom is 0.282 e. The number of carbonyl (C=O) groups excluding carboxylic acids is 1. The summed E-state index contributed by atoms with van der Waals surface area (Å²) in [5.74, 6) is -0.286. The van der Waals surface area contributed by atoms with E-state index < -0.39 is 10.8 Å². The summed E-state index contributed by atoms with van der Waals surface area (Å²) >= 11 is 0. The maximum absolute atomic E-state index is 12.2. The lowest BCUT2D eigenvalue weighted by molar-refractivity contribution is -0.385. The van der Waals surface area contributed by atoms with Crippen molar-refractivity contribution < 1.29 is 9.72 Å². The normalized spacial score (nSPS) is 12.3. The van der Waals surface area contributed by atoms with Crippen LogP contribution in [0.5, 0.6) is 0 Å². The van der Waals surface area contributed by atoms with Crippen molar-refractivity contribution in [3.8, 4) is 0 Å². The summed E-state index contributed by atoms with van der Waals surface area (Å²) in [6.07, 6.45) is 0. The lowest BCUT2D eigenvalue weighted by Gasteiger charge is -2.20. The van der Waals surface area contributed by atoms with Crippen LogP contribution >= 0.6 is 0 Å². The van der Waals surface area contributed by atoms with Crippen molar-refractivity contribution in [2.45, 2.75) is 26.8 Å². The SMILES string of the molecule is Cc1cccc([N+](=O)[O-])c1C(=O)NC(CN)C(C)C. The summed E-state index contributed by atoms with van der Waals surface area (Å²) in [4.78, 5) is 22.6. The second-order valence-electron chi connectivity index (χ2n) is 4.79. The first-order valence-corrected chi connectivity index (χ1v) is 6.13. The average molecular weight is 265 g/mol. The Kier molecular flexibility index (Phi) is 5.00. The van der Waals surface area contributed by atoms with Gasteiger partial charge in [-0.15, -0.1) is 0 Å². The first-order valence-electron chi connectivity index (χ1n) is 6.13. The van der Waals surface area contributed by atoms with Crippen molar-refractivity contribution in [3.05, 3.63) is 39.4 Å². The fourth-order valence-electron chi connectivity index (χ4n) is 1.84. The van der Waals surface area contributed by atoms with Crippen LogP contribution in [0.15, 0.2) is 18.2 Å². The number of aryl methyl sites for hydroxylation is 1. The zero-order valence-corrected chi connectivity index (χ0v) is 11.3. The summed E-state index contributed by atoms with van der Waals surface area (Å²) in [7, 11) is 0. The second-order valence-corrected chi connectivity index (χ2v) is 4.79. The quantitative estimate of drug-likeness (QED) is 0.624. The molecule has 6 heteroatoms. The van der Waals surface area contributed by atoms with Crippen LogP contribution in [-0.4, -0.2) is 23.4 Å². The Morgan fingerprint density at radius 2 is 2.11 bits per heavy atom. The topological polar surface area (TPSA) is 98.3 Å². The summed E-state index contributed by atoms with van der Waals surface area (Å²) in [6, 6.07) is 4.36. The number of nitro benzene ring substituents is 1. The van der Waals surface area contributed by atoms with Gasteiger partial charge in [-0.05, 0) is 18.4 Å². The Balaban J connectivity index is 3.09. The minimum Gasteiger partial charge on any atom is -0.348 e. The van der Waals surface area contributed by atoms with Crippen LogP contribution in [0, 0.1) is 23.0 Å². The van der Waals surface area contributed by atoms with E-state index in [0.717, 1.165) is 0 Å². The van der Waals surface area contributed by atoms with Gasteiger partial charge in [-0.3, -0.25) is 14.9 Å². The van der Waals surface area contributed by atoms with Crippen LogP contribution in [-0.2, 0) is 0 Å². The summed E-state index contributed by atoms with van der Waals surface area (Å²) < 4.78 is 0. The van der Waals surface area contributed by atoms with Crippen molar-refractivity contribution in [2.24, 2.45) is 11.7 Å². The molecule has 0 heterocycles. The number of nitrogens with two attached hydrogens (primary N) is 1. The van der Waals surface area contributed by atoms with E-state index in [2.05, 4.69) is 5.32 Å². The molecule has 0 saturated carbocycles. The molecule has 0 aliphatic rings. The molecule has 1 atom stereocenters. The largest absolute Gasteiger partial charge is 0.348 e. The summed E-state index contributed by atoms with van der Waals surface area (Å²) in [5, 5.41) is 13.7. The Bertz CT molecular complexity index is 486. The van der Waals surface area contributed by atoms with Gasteiger partial charge in [-0.25, -0.2) is 0 Å². The molecule has 0 aliphatic carbocycles. The third kappa shape index (κ3) is 3.51. The van der Waals surface area contributed by atoms with Gasteiger partial charge < -0.3 is 11.1 Å². The minimum absolute atomic E-state index is 0.103. The molecule has 0 bridgehead atoms. The molecule has 1 aromatic carbocycles. The van der Waals surface area contributed by atoms with Gasteiger partial charge in [0, 0.05) is 18.7 Å². The number of benzene rings is 1. The van der Waals surface area contributed by atoms with E-state index in [1.807, 2.05) is 13.8 Å². The Labute approximate surface area is 112 Å². The van der Waals surface area contributed by atoms with Gasteiger partial charge in [0.25, 0.3) is 11.6 Å². The van der Waals surface area contributed by atoms with E-state index in [1.54, 1.807) is 19.1 Å². The molecule has 0 spiro atoms. The zero-order valence-electron chi connectivity index (χ0n) is 11.3. The standard InChI is InChI=1S/C13H19N3O3/c1-8(2)10(7-14)15-13(17)12-9(3)5-4-6-11(12)16(18)19/h4-6,8,10H,7,14H2,1-3H3,(H,15,17). The maximum atomic E-state index is 12.2. The highest BCUT2D eigenvalue weighted by atomic mass is 16.6. The average Bonchev–Trinajstić information content (AvgIpc) is 2.34. The minimum atomic E-state index is -0.547. The van der Waals surface area contributed by atoms with Gasteiger partial charge >= 0.3 is 0 Å². The third-order valence-electron chi connectivity index (χ3n) is 3.05. The highest BCUT2D eigenvalue weighted by Gasteiger charge is 2.24. The molecular formula is C13H19N3O3. The van der Waals surface area contributed by atoms with Gasteiger partial charge in [0.1, 0.15) is 5.56 Å². The zero-order chi connectivity index (χ0) is 14.6. The monoisotopic (exact) mass is 265 g/mol. The van der Waals surface area contributed by atoms with Gasteiger partial charge in [0.2, 0.25) is 0 Å². The van der Waals surface area contributed by atoms with Crippen LogP contribution in [0.1, 0.15) is 29.8 Å². The molecule has 1 rings (SSSR count). The molecule has 3 N–H and O–H groups in total. The van der Waals surface area contributed by atoms with E-state index in [0.29, 0.717) is 12.1 Å². The molecule has 0 saturated heterocycles. The highest BCUT2D eigenvalue weighted by molar-refractivity contribution is 5.99. The molecule has 1 amide bonds. The first kappa shape index (κ1) is 15.1. The Hall–Kier alpha value is -1.95. The molecule has 19 heavy (non-hydrogen) atoms. The summed E-state index contributed by atoms with van der Waals surface area (Å²) in [6.45, 7) is 5.84. The number of hydrogen-bond acceptors (Lipinski definition) is 4. The number of nitrogens with one attached hydrogen (secondary N) is 1. The van der Waals surface area contributed by atoms with Gasteiger partial charge in [0.15, 0.2) is 0 Å². The van der Waals surface area contributed by atoms with Crippen molar-refractivity contribution in [1.29, 1.82) is 0 Å². The van der Waals surface area contributed by atoms with Crippen LogP contribution in [0.3, 0.4) is 0 Å². The smallest absolute Gasteiger partial charge is 0.282 e. The van der Waals surface area contributed by atoms with E-state index in [9.17, 15) is 14.9 Å². The molecule has 0 aliphatic heterocycles. The van der Waals surface area contributed by atoms with Crippen molar-refractivity contribution in [1.82, 2.24) is 5.32 Å². The predicted octanol–water partition coefficient (Wildman–Crippen LogP) is 1.62. The molecule has 0 radical (unpaired) electrons. The number of nitro groups is 1. The predicted molar refractivity (Wildman–Crippen MR) is 73.0 cm³/mol.